The topological polar surface area (TPSA) is 12.0 Å². The maximum absolute atomic E-state index is 3.94. The van der Waals surface area contributed by atoms with Gasteiger partial charge in [-0.2, -0.15) is 0 Å². The Hall–Kier alpha value is -0.0400. The molecule has 1 aliphatic heterocycles. The zero-order chi connectivity index (χ0) is 7.40. The molecule has 0 aromatic rings. The van der Waals surface area contributed by atoms with Crippen molar-refractivity contribution in [3.63, 3.8) is 0 Å². The van der Waals surface area contributed by atoms with Crippen LogP contribution in [-0.2, 0) is 0 Å². The van der Waals surface area contributed by atoms with E-state index in [4.69, 9.17) is 0 Å². The number of rotatable bonds is 2. The van der Waals surface area contributed by atoms with E-state index < -0.39 is 0 Å². The fourth-order valence-electron chi connectivity index (χ4n) is 1.65. The molecule has 0 aromatic heterocycles. The second-order valence-corrected chi connectivity index (χ2v) is 3.35. The first-order chi connectivity index (χ1) is 4.84. The molecule has 1 radical (unpaired) electrons. The van der Waals surface area contributed by atoms with Crippen LogP contribution in [0, 0.1) is 18.8 Å². The second kappa shape index (κ2) is 3.97. The third-order valence-corrected chi connectivity index (χ3v) is 2.64. The lowest BCUT2D eigenvalue weighted by Gasteiger charge is -2.27. The molecule has 1 heterocycles. The average molecular weight is 140 g/mol. The lowest BCUT2D eigenvalue weighted by molar-refractivity contribution is 0.276. The van der Waals surface area contributed by atoms with Crippen molar-refractivity contribution in [2.24, 2.45) is 11.8 Å². The predicted octanol–water partition coefficient (Wildman–Crippen LogP) is 1.85. The molecule has 10 heavy (non-hydrogen) atoms. The molecule has 1 unspecified atom stereocenters. The standard InChI is InChI=1S/C9H18N/c1-3-8(2)9-4-6-10-7-5-9/h8-10H,1,3-7H2,2H3. The number of nitrogens with one attached hydrogen (secondary N) is 1. The van der Waals surface area contributed by atoms with Crippen molar-refractivity contribution in [3.05, 3.63) is 6.92 Å². The second-order valence-electron chi connectivity index (χ2n) is 3.35. The van der Waals surface area contributed by atoms with Gasteiger partial charge in [-0.1, -0.05) is 20.3 Å². The van der Waals surface area contributed by atoms with Crippen molar-refractivity contribution in [1.82, 2.24) is 5.32 Å². The van der Waals surface area contributed by atoms with Crippen LogP contribution in [0.25, 0.3) is 0 Å². The van der Waals surface area contributed by atoms with E-state index in [1.165, 1.54) is 25.9 Å². The summed E-state index contributed by atoms with van der Waals surface area (Å²) in [5.74, 6) is 1.78. The van der Waals surface area contributed by atoms with Gasteiger partial charge in [-0.15, -0.1) is 0 Å². The number of hydrogen-bond donors (Lipinski definition) is 1. The highest BCUT2D eigenvalue weighted by atomic mass is 14.9. The first-order valence-corrected chi connectivity index (χ1v) is 4.34. The summed E-state index contributed by atoms with van der Waals surface area (Å²) in [5, 5.41) is 3.37. The highest BCUT2D eigenvalue weighted by Gasteiger charge is 2.17. The summed E-state index contributed by atoms with van der Waals surface area (Å²) in [6.07, 6.45) is 3.82. The molecule has 1 rings (SSSR count). The van der Waals surface area contributed by atoms with E-state index in [-0.39, 0.29) is 0 Å². The third kappa shape index (κ3) is 1.98. The van der Waals surface area contributed by atoms with Crippen LogP contribution >= 0.6 is 0 Å². The minimum atomic E-state index is 0.835. The van der Waals surface area contributed by atoms with E-state index in [1.807, 2.05) is 0 Å². The fourth-order valence-corrected chi connectivity index (χ4v) is 1.65. The zero-order valence-electron chi connectivity index (χ0n) is 6.90. The summed E-state index contributed by atoms with van der Waals surface area (Å²) in [4.78, 5) is 0. The minimum absolute atomic E-state index is 0.835. The molecular formula is C9H18N. The van der Waals surface area contributed by atoms with Crippen molar-refractivity contribution in [2.45, 2.75) is 26.2 Å². The molecule has 0 spiro atoms. The zero-order valence-corrected chi connectivity index (χ0v) is 6.90. The van der Waals surface area contributed by atoms with Gasteiger partial charge in [0.1, 0.15) is 0 Å². The SMILES string of the molecule is [CH2]CC(C)C1CCNCC1. The highest BCUT2D eigenvalue weighted by Crippen LogP contribution is 2.23. The molecule has 59 valence electrons. The van der Waals surface area contributed by atoms with Gasteiger partial charge in [0, 0.05) is 0 Å². The normalized spacial score (nSPS) is 24.6. The monoisotopic (exact) mass is 140 g/mol. The molecule has 0 saturated carbocycles. The quantitative estimate of drug-likeness (QED) is 0.617. The Kier molecular flexibility index (Phi) is 3.20. The maximum atomic E-state index is 3.94. The molecule has 0 amide bonds. The van der Waals surface area contributed by atoms with Crippen molar-refractivity contribution >= 4 is 0 Å². The molecule has 1 aliphatic rings. The molecule has 1 fully saturated rings. The van der Waals surface area contributed by atoms with Crippen LogP contribution in [0.15, 0.2) is 0 Å². The largest absolute Gasteiger partial charge is 0.317 e. The highest BCUT2D eigenvalue weighted by molar-refractivity contribution is 4.73. The number of hydrogen-bond acceptors (Lipinski definition) is 1. The Morgan fingerprint density at radius 2 is 2.10 bits per heavy atom. The Morgan fingerprint density at radius 1 is 1.50 bits per heavy atom. The summed E-state index contributed by atoms with van der Waals surface area (Å²) < 4.78 is 0. The molecule has 1 N–H and O–H groups in total. The first-order valence-electron chi connectivity index (χ1n) is 4.34. The van der Waals surface area contributed by atoms with Gasteiger partial charge in [0.05, 0.1) is 0 Å². The van der Waals surface area contributed by atoms with Crippen molar-refractivity contribution in [3.8, 4) is 0 Å². The molecule has 1 atom stereocenters. The average Bonchev–Trinajstić information content (AvgIpc) is 2.05. The van der Waals surface area contributed by atoms with Crippen molar-refractivity contribution in [1.29, 1.82) is 0 Å². The van der Waals surface area contributed by atoms with E-state index in [2.05, 4.69) is 19.2 Å². The van der Waals surface area contributed by atoms with Gasteiger partial charge in [0.25, 0.3) is 0 Å². The Morgan fingerprint density at radius 3 is 2.60 bits per heavy atom. The molecular weight excluding hydrogens is 122 g/mol. The molecule has 1 nitrogen and oxygen atoms in total. The molecule has 0 aliphatic carbocycles. The summed E-state index contributed by atoms with van der Waals surface area (Å²) in [6.45, 7) is 8.70. The summed E-state index contributed by atoms with van der Waals surface area (Å²) in [5.41, 5.74) is 0. The van der Waals surface area contributed by atoms with Gasteiger partial charge in [0.15, 0.2) is 0 Å². The molecule has 1 saturated heterocycles. The van der Waals surface area contributed by atoms with Crippen molar-refractivity contribution < 1.29 is 0 Å². The van der Waals surface area contributed by atoms with E-state index in [0.29, 0.717) is 0 Å². The van der Waals surface area contributed by atoms with Crippen LogP contribution in [-0.4, -0.2) is 13.1 Å². The summed E-state index contributed by atoms with van der Waals surface area (Å²) in [6, 6.07) is 0. The maximum Gasteiger partial charge on any atom is -0.00462 e. The summed E-state index contributed by atoms with van der Waals surface area (Å²) >= 11 is 0. The first kappa shape index (κ1) is 8.06. The van der Waals surface area contributed by atoms with Crippen LogP contribution in [0.3, 0.4) is 0 Å². The molecule has 0 bridgehead atoms. The number of piperidine rings is 1. The Balaban J connectivity index is 2.24. The van der Waals surface area contributed by atoms with E-state index in [1.54, 1.807) is 0 Å². The van der Waals surface area contributed by atoms with Gasteiger partial charge in [0.2, 0.25) is 0 Å². The lowest BCUT2D eigenvalue weighted by atomic mass is 9.85. The van der Waals surface area contributed by atoms with Gasteiger partial charge in [-0.05, 0) is 37.8 Å². The van der Waals surface area contributed by atoms with Crippen LogP contribution < -0.4 is 5.32 Å². The van der Waals surface area contributed by atoms with Crippen LogP contribution in [0.5, 0.6) is 0 Å². The van der Waals surface area contributed by atoms with Crippen LogP contribution in [0.4, 0.5) is 0 Å². The third-order valence-electron chi connectivity index (χ3n) is 2.64. The molecule has 1 heteroatoms. The van der Waals surface area contributed by atoms with Crippen LogP contribution in [0.2, 0.25) is 0 Å². The summed E-state index contributed by atoms with van der Waals surface area (Å²) in [7, 11) is 0. The predicted molar refractivity (Wildman–Crippen MR) is 44.7 cm³/mol. The van der Waals surface area contributed by atoms with Gasteiger partial charge >= 0.3 is 0 Å². The van der Waals surface area contributed by atoms with E-state index in [9.17, 15) is 0 Å². The Bertz CT molecular complexity index is 84.7. The van der Waals surface area contributed by atoms with E-state index >= 15 is 0 Å². The molecule has 0 aromatic carbocycles. The lowest BCUT2D eigenvalue weighted by Crippen LogP contribution is -2.30. The smallest absolute Gasteiger partial charge is 0.00462 e. The minimum Gasteiger partial charge on any atom is -0.317 e. The van der Waals surface area contributed by atoms with E-state index in [0.717, 1.165) is 18.3 Å². The van der Waals surface area contributed by atoms with Gasteiger partial charge < -0.3 is 5.32 Å². The van der Waals surface area contributed by atoms with Gasteiger partial charge in [-0.3, -0.25) is 0 Å². The fraction of sp³-hybridized carbons (Fsp3) is 0.889. The van der Waals surface area contributed by atoms with Crippen molar-refractivity contribution in [2.75, 3.05) is 13.1 Å². The van der Waals surface area contributed by atoms with Gasteiger partial charge in [-0.25, -0.2) is 0 Å². The van der Waals surface area contributed by atoms with Crippen LogP contribution in [0.1, 0.15) is 26.2 Å². The Labute approximate surface area is 64.2 Å².